The molecule has 1 saturated heterocycles. The van der Waals surface area contributed by atoms with E-state index in [0.717, 1.165) is 11.1 Å². The molecule has 6 nitrogen and oxygen atoms in total. The normalized spacial score (nSPS) is 16.2. The van der Waals surface area contributed by atoms with E-state index in [1.165, 1.54) is 11.8 Å². The SMILES string of the molecule is CCC(Oc1cccc(/C=C2/SC(=S)N(CCc3ccc(O)cc3)C2=O)c1)C(=O)O. The number of nitrogens with zero attached hydrogens (tertiary/aromatic N) is 1. The summed E-state index contributed by atoms with van der Waals surface area (Å²) in [6.07, 6.45) is 1.78. The Morgan fingerprint density at radius 1 is 1.27 bits per heavy atom. The summed E-state index contributed by atoms with van der Waals surface area (Å²) in [5.41, 5.74) is 1.73. The molecule has 0 radical (unpaired) electrons. The van der Waals surface area contributed by atoms with Crippen LogP contribution in [0.15, 0.2) is 53.4 Å². The Morgan fingerprint density at radius 3 is 2.67 bits per heavy atom. The molecule has 8 heteroatoms. The molecule has 1 aliphatic rings. The van der Waals surface area contributed by atoms with Crippen LogP contribution in [0.1, 0.15) is 24.5 Å². The number of rotatable bonds is 8. The third-order valence-electron chi connectivity index (χ3n) is 4.51. The number of aromatic hydroxyl groups is 1. The number of aliphatic carboxylic acids is 1. The van der Waals surface area contributed by atoms with Crippen molar-refractivity contribution >= 4 is 46.3 Å². The van der Waals surface area contributed by atoms with Gasteiger partial charge in [0.2, 0.25) is 0 Å². The van der Waals surface area contributed by atoms with Crippen LogP contribution in [-0.4, -0.2) is 44.0 Å². The lowest BCUT2D eigenvalue weighted by Crippen LogP contribution is -2.30. The van der Waals surface area contributed by atoms with Gasteiger partial charge < -0.3 is 14.9 Å². The summed E-state index contributed by atoms with van der Waals surface area (Å²) in [6.45, 7) is 2.19. The van der Waals surface area contributed by atoms with Crippen LogP contribution < -0.4 is 4.74 Å². The Balaban J connectivity index is 1.69. The molecule has 2 N–H and O–H groups in total. The predicted octanol–water partition coefficient (Wildman–Crippen LogP) is 4.08. The van der Waals surface area contributed by atoms with Gasteiger partial charge in [-0.2, -0.15) is 0 Å². The number of hydrogen-bond donors (Lipinski definition) is 2. The molecule has 156 valence electrons. The monoisotopic (exact) mass is 443 g/mol. The van der Waals surface area contributed by atoms with Crippen LogP contribution in [0, 0.1) is 0 Å². The first kappa shape index (κ1) is 21.9. The summed E-state index contributed by atoms with van der Waals surface area (Å²) in [6, 6.07) is 13.8. The number of phenolic OH excluding ortho intramolecular Hbond substituents is 1. The fourth-order valence-electron chi connectivity index (χ4n) is 2.90. The molecule has 1 unspecified atom stereocenters. The lowest BCUT2D eigenvalue weighted by molar-refractivity contribution is -0.145. The van der Waals surface area contributed by atoms with Gasteiger partial charge in [0.05, 0.1) is 4.91 Å². The molecule has 0 spiro atoms. The molecule has 0 aliphatic carbocycles. The Labute approximate surface area is 184 Å². The second kappa shape index (κ2) is 9.77. The van der Waals surface area contributed by atoms with E-state index in [2.05, 4.69) is 0 Å². The first-order valence-corrected chi connectivity index (χ1v) is 10.6. The molecule has 1 fully saturated rings. The second-order valence-electron chi connectivity index (χ2n) is 6.68. The van der Waals surface area contributed by atoms with E-state index in [4.69, 9.17) is 22.1 Å². The van der Waals surface area contributed by atoms with Gasteiger partial charge in [-0.25, -0.2) is 4.79 Å². The number of carbonyl (C=O) groups is 2. The maximum Gasteiger partial charge on any atom is 0.344 e. The molecule has 0 aromatic heterocycles. The van der Waals surface area contributed by atoms with Crippen LogP contribution in [-0.2, 0) is 16.0 Å². The van der Waals surface area contributed by atoms with E-state index in [1.54, 1.807) is 48.2 Å². The maximum atomic E-state index is 12.8. The zero-order valence-corrected chi connectivity index (χ0v) is 17.9. The summed E-state index contributed by atoms with van der Waals surface area (Å²) in [4.78, 5) is 26.0. The summed E-state index contributed by atoms with van der Waals surface area (Å²) in [5.74, 6) is -0.544. The fraction of sp³-hybridized carbons (Fsp3) is 0.227. The standard InChI is InChI=1S/C22H21NO5S2/c1-2-18(21(26)27)28-17-5-3-4-15(12-17)13-19-20(25)23(22(29)30-19)11-10-14-6-8-16(24)9-7-14/h3-9,12-13,18,24H,2,10-11H2,1H3,(H,26,27)/b19-13+. The van der Waals surface area contributed by atoms with E-state index in [0.29, 0.717) is 34.4 Å². The molecule has 1 amide bonds. The van der Waals surface area contributed by atoms with Crippen molar-refractivity contribution in [2.24, 2.45) is 0 Å². The number of carbonyl (C=O) groups excluding carboxylic acids is 1. The zero-order chi connectivity index (χ0) is 21.7. The van der Waals surface area contributed by atoms with E-state index in [1.807, 2.05) is 18.2 Å². The number of ether oxygens (including phenoxy) is 1. The van der Waals surface area contributed by atoms with Crippen LogP contribution in [0.3, 0.4) is 0 Å². The van der Waals surface area contributed by atoms with Gasteiger partial charge in [0.1, 0.15) is 15.8 Å². The van der Waals surface area contributed by atoms with Crippen LogP contribution in [0.25, 0.3) is 6.08 Å². The van der Waals surface area contributed by atoms with Gasteiger partial charge in [0.25, 0.3) is 5.91 Å². The van der Waals surface area contributed by atoms with Crippen LogP contribution in [0.4, 0.5) is 0 Å². The average Bonchev–Trinajstić information content (AvgIpc) is 2.98. The molecule has 2 aromatic rings. The van der Waals surface area contributed by atoms with Crippen LogP contribution in [0.2, 0.25) is 0 Å². The highest BCUT2D eigenvalue weighted by atomic mass is 32.2. The van der Waals surface area contributed by atoms with Gasteiger partial charge >= 0.3 is 5.97 Å². The van der Waals surface area contributed by atoms with Crippen LogP contribution >= 0.6 is 24.0 Å². The summed E-state index contributed by atoms with van der Waals surface area (Å²) >= 11 is 6.61. The Bertz CT molecular complexity index is 987. The number of carboxylic acids is 1. The van der Waals surface area contributed by atoms with Gasteiger partial charge in [0.15, 0.2) is 6.10 Å². The molecule has 0 bridgehead atoms. The molecule has 3 rings (SSSR count). The second-order valence-corrected chi connectivity index (χ2v) is 8.35. The van der Waals surface area contributed by atoms with E-state index in [9.17, 15) is 14.7 Å². The van der Waals surface area contributed by atoms with Crippen molar-refractivity contribution in [3.63, 3.8) is 0 Å². The van der Waals surface area contributed by atoms with Gasteiger partial charge in [0, 0.05) is 6.54 Å². The lowest BCUT2D eigenvalue weighted by Gasteiger charge is -2.14. The zero-order valence-electron chi connectivity index (χ0n) is 16.3. The van der Waals surface area contributed by atoms with Gasteiger partial charge in [-0.15, -0.1) is 0 Å². The number of thiocarbonyl (C=S) groups is 1. The highest BCUT2D eigenvalue weighted by molar-refractivity contribution is 8.26. The molecule has 1 aliphatic heterocycles. The van der Waals surface area contributed by atoms with Crippen LogP contribution in [0.5, 0.6) is 11.5 Å². The fourth-order valence-corrected chi connectivity index (χ4v) is 4.21. The van der Waals surface area contributed by atoms with E-state index >= 15 is 0 Å². The number of hydrogen-bond acceptors (Lipinski definition) is 6. The molecule has 0 saturated carbocycles. The van der Waals surface area contributed by atoms with Crippen molar-refractivity contribution in [2.45, 2.75) is 25.9 Å². The van der Waals surface area contributed by atoms with Crippen molar-refractivity contribution in [2.75, 3.05) is 6.54 Å². The lowest BCUT2D eigenvalue weighted by atomic mass is 10.1. The number of thioether (sulfide) groups is 1. The minimum atomic E-state index is -1.02. The molecule has 1 atom stereocenters. The van der Waals surface area contributed by atoms with Crippen molar-refractivity contribution in [1.29, 1.82) is 0 Å². The average molecular weight is 444 g/mol. The van der Waals surface area contributed by atoms with Gasteiger partial charge in [-0.3, -0.25) is 9.69 Å². The van der Waals surface area contributed by atoms with Crippen molar-refractivity contribution < 1.29 is 24.5 Å². The Hall–Kier alpha value is -2.84. The van der Waals surface area contributed by atoms with Crippen molar-refractivity contribution in [1.82, 2.24) is 4.90 Å². The highest BCUT2D eigenvalue weighted by Crippen LogP contribution is 2.33. The van der Waals surface area contributed by atoms with Gasteiger partial charge in [-0.1, -0.05) is 55.2 Å². The number of benzene rings is 2. The quantitative estimate of drug-likeness (QED) is 0.470. The van der Waals surface area contributed by atoms with E-state index in [-0.39, 0.29) is 11.7 Å². The number of carboxylic acid groups (broad SMARTS) is 1. The van der Waals surface area contributed by atoms with Crippen molar-refractivity contribution in [3.05, 3.63) is 64.6 Å². The molecule has 2 aromatic carbocycles. The molecule has 1 heterocycles. The molecule has 30 heavy (non-hydrogen) atoms. The molecular formula is C22H21NO5S2. The van der Waals surface area contributed by atoms with E-state index < -0.39 is 12.1 Å². The maximum absolute atomic E-state index is 12.8. The van der Waals surface area contributed by atoms with Gasteiger partial charge in [-0.05, 0) is 54.3 Å². The minimum Gasteiger partial charge on any atom is -0.508 e. The van der Waals surface area contributed by atoms with Crippen molar-refractivity contribution in [3.8, 4) is 11.5 Å². The minimum absolute atomic E-state index is 0.160. The largest absolute Gasteiger partial charge is 0.508 e. The third kappa shape index (κ3) is 5.40. The first-order chi connectivity index (χ1) is 14.4. The summed E-state index contributed by atoms with van der Waals surface area (Å²) in [5, 5.41) is 18.5. The smallest absolute Gasteiger partial charge is 0.344 e. The summed E-state index contributed by atoms with van der Waals surface area (Å²) in [7, 11) is 0. The molecular weight excluding hydrogens is 422 g/mol. The topological polar surface area (TPSA) is 87.1 Å². The Morgan fingerprint density at radius 2 is 2.00 bits per heavy atom. The summed E-state index contributed by atoms with van der Waals surface area (Å²) < 4.78 is 6.02. The first-order valence-electron chi connectivity index (χ1n) is 9.40. The number of phenols is 1. The Kier molecular flexibility index (Phi) is 7.12. The highest BCUT2D eigenvalue weighted by Gasteiger charge is 2.31. The third-order valence-corrected chi connectivity index (χ3v) is 5.89. The predicted molar refractivity (Wildman–Crippen MR) is 120 cm³/mol. The number of amides is 1.